The number of benzene rings is 1. The molecule has 4 nitrogen and oxygen atoms in total. The van der Waals surface area contributed by atoms with Gasteiger partial charge in [0, 0.05) is 19.7 Å². The van der Waals surface area contributed by atoms with Crippen molar-refractivity contribution in [1.29, 1.82) is 0 Å². The van der Waals surface area contributed by atoms with E-state index in [1.165, 1.54) is 12.0 Å². The lowest BCUT2D eigenvalue weighted by Crippen LogP contribution is -2.39. The molecule has 1 N–H and O–H groups in total. The Morgan fingerprint density at radius 1 is 1.43 bits per heavy atom. The van der Waals surface area contributed by atoms with Gasteiger partial charge < -0.3 is 9.84 Å². The van der Waals surface area contributed by atoms with E-state index in [1.807, 2.05) is 31.2 Å². The van der Waals surface area contributed by atoms with Crippen molar-refractivity contribution >= 4 is 5.97 Å². The van der Waals surface area contributed by atoms with E-state index in [4.69, 9.17) is 9.84 Å². The van der Waals surface area contributed by atoms with Crippen molar-refractivity contribution in [3.63, 3.8) is 0 Å². The maximum Gasteiger partial charge on any atom is 0.310 e. The van der Waals surface area contributed by atoms with Crippen LogP contribution in [0.1, 0.15) is 43.7 Å². The van der Waals surface area contributed by atoms with Gasteiger partial charge in [-0.1, -0.05) is 24.3 Å². The quantitative estimate of drug-likeness (QED) is 0.875. The van der Waals surface area contributed by atoms with Gasteiger partial charge in [0.1, 0.15) is 0 Å². The first-order valence-corrected chi connectivity index (χ1v) is 7.75. The lowest BCUT2D eigenvalue weighted by atomic mass is 9.99. The zero-order chi connectivity index (χ0) is 15.2. The predicted octanol–water partition coefficient (Wildman–Crippen LogP) is 2.88. The van der Waals surface area contributed by atoms with E-state index in [0.29, 0.717) is 6.10 Å². The molecule has 2 atom stereocenters. The number of carboxylic acids is 1. The van der Waals surface area contributed by atoms with Crippen LogP contribution in [0, 0.1) is 0 Å². The highest BCUT2D eigenvalue weighted by atomic mass is 16.5. The third-order valence-electron chi connectivity index (χ3n) is 4.12. The molecule has 116 valence electrons. The summed E-state index contributed by atoms with van der Waals surface area (Å²) < 4.78 is 5.72. The number of ether oxygens (including phenoxy) is 1. The fraction of sp³-hybridized carbons (Fsp3) is 0.588. The minimum Gasteiger partial charge on any atom is -0.481 e. The summed E-state index contributed by atoms with van der Waals surface area (Å²) >= 11 is 0. The van der Waals surface area contributed by atoms with Gasteiger partial charge in [-0.2, -0.15) is 0 Å². The first-order chi connectivity index (χ1) is 10.1. The van der Waals surface area contributed by atoms with Crippen molar-refractivity contribution < 1.29 is 14.6 Å². The van der Waals surface area contributed by atoms with Crippen molar-refractivity contribution in [3.8, 4) is 0 Å². The molecular formula is C17H25NO3. The molecule has 0 saturated carbocycles. The van der Waals surface area contributed by atoms with Crippen molar-refractivity contribution in [2.24, 2.45) is 0 Å². The first kappa shape index (κ1) is 16.0. The second-order valence-corrected chi connectivity index (χ2v) is 5.76. The van der Waals surface area contributed by atoms with Crippen LogP contribution in [-0.2, 0) is 16.1 Å². The Morgan fingerprint density at radius 2 is 2.14 bits per heavy atom. The molecule has 0 aliphatic carbocycles. The molecule has 2 unspecified atom stereocenters. The highest BCUT2D eigenvalue weighted by Gasteiger charge is 2.20. The Labute approximate surface area is 126 Å². The third kappa shape index (κ3) is 4.55. The maximum atomic E-state index is 11.0. The molecule has 1 aliphatic rings. The molecule has 0 bridgehead atoms. The molecule has 0 spiro atoms. The molecule has 1 aliphatic heterocycles. The second-order valence-electron chi connectivity index (χ2n) is 5.76. The number of aliphatic carboxylic acids is 1. The molecule has 4 heteroatoms. The molecule has 1 fully saturated rings. The van der Waals surface area contributed by atoms with Gasteiger partial charge in [-0.05, 0) is 44.4 Å². The van der Waals surface area contributed by atoms with Crippen LogP contribution in [0.4, 0.5) is 0 Å². The molecule has 1 aromatic carbocycles. The first-order valence-electron chi connectivity index (χ1n) is 7.75. The molecule has 1 heterocycles. The second kappa shape index (κ2) is 7.57. The van der Waals surface area contributed by atoms with Gasteiger partial charge in [0.05, 0.1) is 12.0 Å². The van der Waals surface area contributed by atoms with E-state index in [2.05, 4.69) is 4.90 Å². The van der Waals surface area contributed by atoms with Gasteiger partial charge in [-0.3, -0.25) is 9.69 Å². The number of likely N-dealkylation sites (tertiary alicyclic amines) is 1. The fourth-order valence-electron chi connectivity index (χ4n) is 2.84. The SMILES string of the molecule is CCOC1CCCN(Cc2ccc(C(C)C(=O)O)cc2)C1. The highest BCUT2D eigenvalue weighted by Crippen LogP contribution is 2.19. The summed E-state index contributed by atoms with van der Waals surface area (Å²) in [6.07, 6.45) is 2.69. The van der Waals surface area contributed by atoms with Crippen LogP contribution in [-0.4, -0.2) is 41.8 Å². The number of rotatable bonds is 6. The van der Waals surface area contributed by atoms with Crippen LogP contribution in [0.2, 0.25) is 0 Å². The van der Waals surface area contributed by atoms with Crippen LogP contribution in [0.15, 0.2) is 24.3 Å². The minimum absolute atomic E-state index is 0.357. The summed E-state index contributed by atoms with van der Waals surface area (Å²) in [7, 11) is 0. The van der Waals surface area contributed by atoms with Crippen molar-refractivity contribution in [3.05, 3.63) is 35.4 Å². The van der Waals surface area contributed by atoms with Crippen LogP contribution in [0.25, 0.3) is 0 Å². The molecule has 21 heavy (non-hydrogen) atoms. The minimum atomic E-state index is -0.779. The van der Waals surface area contributed by atoms with Gasteiger partial charge in [-0.25, -0.2) is 0 Å². The third-order valence-corrected chi connectivity index (χ3v) is 4.12. The Bertz CT molecular complexity index is 456. The number of nitrogens with zero attached hydrogens (tertiary/aromatic N) is 1. The van der Waals surface area contributed by atoms with Gasteiger partial charge in [-0.15, -0.1) is 0 Å². The van der Waals surface area contributed by atoms with Gasteiger partial charge >= 0.3 is 5.97 Å². The molecule has 1 saturated heterocycles. The summed E-state index contributed by atoms with van der Waals surface area (Å²) in [4.78, 5) is 13.4. The summed E-state index contributed by atoms with van der Waals surface area (Å²) in [5.74, 6) is -1.23. The number of carboxylic acid groups (broad SMARTS) is 1. The molecule has 2 rings (SSSR count). The Kier molecular flexibility index (Phi) is 5.76. The lowest BCUT2D eigenvalue weighted by Gasteiger charge is -2.32. The number of piperidine rings is 1. The lowest BCUT2D eigenvalue weighted by molar-refractivity contribution is -0.138. The van der Waals surface area contributed by atoms with E-state index in [0.717, 1.165) is 38.2 Å². The predicted molar refractivity (Wildman–Crippen MR) is 82.4 cm³/mol. The van der Waals surface area contributed by atoms with Gasteiger partial charge in [0.25, 0.3) is 0 Å². The Hall–Kier alpha value is -1.39. The van der Waals surface area contributed by atoms with Crippen LogP contribution >= 0.6 is 0 Å². The average Bonchev–Trinajstić information content (AvgIpc) is 2.48. The molecule has 1 aromatic rings. The van der Waals surface area contributed by atoms with Crippen molar-refractivity contribution in [2.75, 3.05) is 19.7 Å². The number of hydrogen-bond donors (Lipinski definition) is 1. The molecule has 0 radical (unpaired) electrons. The van der Waals surface area contributed by atoms with Gasteiger partial charge in [0.15, 0.2) is 0 Å². The Morgan fingerprint density at radius 3 is 2.76 bits per heavy atom. The van der Waals surface area contributed by atoms with Crippen molar-refractivity contribution in [1.82, 2.24) is 4.90 Å². The van der Waals surface area contributed by atoms with Crippen LogP contribution in [0.5, 0.6) is 0 Å². The van der Waals surface area contributed by atoms with E-state index < -0.39 is 11.9 Å². The van der Waals surface area contributed by atoms with Crippen LogP contribution in [0.3, 0.4) is 0 Å². The van der Waals surface area contributed by atoms with Crippen LogP contribution < -0.4 is 0 Å². The highest BCUT2D eigenvalue weighted by molar-refractivity contribution is 5.75. The fourth-order valence-corrected chi connectivity index (χ4v) is 2.84. The standard InChI is InChI=1S/C17H25NO3/c1-3-21-16-5-4-10-18(12-16)11-14-6-8-15(9-7-14)13(2)17(19)20/h6-9,13,16H,3-5,10-12H2,1-2H3,(H,19,20). The number of carbonyl (C=O) groups is 1. The van der Waals surface area contributed by atoms with E-state index in [1.54, 1.807) is 6.92 Å². The summed E-state index contributed by atoms with van der Waals surface area (Å²) in [6, 6.07) is 7.94. The molecule has 0 aromatic heterocycles. The van der Waals surface area contributed by atoms with E-state index >= 15 is 0 Å². The summed E-state index contributed by atoms with van der Waals surface area (Å²) in [6.45, 7) is 7.54. The topological polar surface area (TPSA) is 49.8 Å². The summed E-state index contributed by atoms with van der Waals surface area (Å²) in [5.41, 5.74) is 2.09. The molecule has 0 amide bonds. The van der Waals surface area contributed by atoms with Crippen molar-refractivity contribution in [2.45, 2.75) is 45.3 Å². The smallest absolute Gasteiger partial charge is 0.310 e. The largest absolute Gasteiger partial charge is 0.481 e. The Balaban J connectivity index is 1.92. The van der Waals surface area contributed by atoms with Gasteiger partial charge in [0.2, 0.25) is 0 Å². The normalized spacial score (nSPS) is 21.1. The number of hydrogen-bond acceptors (Lipinski definition) is 3. The molecular weight excluding hydrogens is 266 g/mol. The monoisotopic (exact) mass is 291 g/mol. The summed E-state index contributed by atoms with van der Waals surface area (Å²) in [5, 5.41) is 9.02. The van der Waals surface area contributed by atoms with E-state index in [-0.39, 0.29) is 0 Å². The van der Waals surface area contributed by atoms with E-state index in [9.17, 15) is 4.79 Å². The zero-order valence-electron chi connectivity index (χ0n) is 12.9. The zero-order valence-corrected chi connectivity index (χ0v) is 12.9. The average molecular weight is 291 g/mol. The maximum absolute atomic E-state index is 11.0.